The second-order valence-electron chi connectivity index (χ2n) is 7.05. The fourth-order valence-corrected chi connectivity index (χ4v) is 4.45. The minimum Gasteiger partial charge on any atom is -0.324 e. The lowest BCUT2D eigenvalue weighted by Crippen LogP contribution is -2.50. The molecule has 2 saturated carbocycles. The first kappa shape index (κ1) is 13.7. The zero-order valence-electron chi connectivity index (χ0n) is 12.4. The van der Waals surface area contributed by atoms with Crippen LogP contribution in [0, 0.1) is 5.92 Å². The van der Waals surface area contributed by atoms with E-state index in [1.807, 2.05) is 11.8 Å². The molecule has 0 aromatic heterocycles. The van der Waals surface area contributed by atoms with Crippen molar-refractivity contribution in [2.24, 2.45) is 5.92 Å². The Kier molecular flexibility index (Phi) is 3.37. The van der Waals surface area contributed by atoms with Gasteiger partial charge in [0.2, 0.25) is 5.91 Å². The summed E-state index contributed by atoms with van der Waals surface area (Å²) in [6.45, 7) is 5.45. The van der Waals surface area contributed by atoms with Crippen LogP contribution in [0.3, 0.4) is 0 Å². The number of rotatable bonds is 5. The molecule has 1 amide bonds. The number of amides is 1. The Morgan fingerprint density at radius 3 is 2.47 bits per heavy atom. The normalized spacial score (nSPS) is 31.1. The standard InChI is InChI=1S/C15H26N2OS/c1-11(2)9-12-16-15(7-8-15)13(18)17(12)10-14(19-3)5-4-6-14/h11-12,16H,4-10H2,1-3H3. The summed E-state index contributed by atoms with van der Waals surface area (Å²) < 4.78 is 0.354. The molecule has 0 bridgehead atoms. The molecule has 19 heavy (non-hydrogen) atoms. The van der Waals surface area contributed by atoms with E-state index < -0.39 is 0 Å². The van der Waals surface area contributed by atoms with Crippen molar-refractivity contribution in [2.45, 2.75) is 68.8 Å². The van der Waals surface area contributed by atoms with Crippen molar-refractivity contribution >= 4 is 17.7 Å². The number of hydrogen-bond donors (Lipinski definition) is 1. The second-order valence-corrected chi connectivity index (χ2v) is 8.32. The first-order valence-electron chi connectivity index (χ1n) is 7.64. The lowest BCUT2D eigenvalue weighted by atomic mass is 9.83. The molecular formula is C15H26N2OS. The SMILES string of the molecule is CSC1(CN2C(=O)C3(CC3)NC2CC(C)C)CCC1. The number of nitrogens with zero attached hydrogens (tertiary/aromatic N) is 1. The van der Waals surface area contributed by atoms with Gasteiger partial charge >= 0.3 is 0 Å². The van der Waals surface area contributed by atoms with Gasteiger partial charge in [0.1, 0.15) is 0 Å². The van der Waals surface area contributed by atoms with Crippen molar-refractivity contribution in [2.75, 3.05) is 12.8 Å². The molecule has 2 aliphatic carbocycles. The average Bonchev–Trinajstić information content (AvgIpc) is 3.03. The van der Waals surface area contributed by atoms with Gasteiger partial charge in [-0.25, -0.2) is 0 Å². The van der Waals surface area contributed by atoms with E-state index in [4.69, 9.17) is 0 Å². The van der Waals surface area contributed by atoms with Gasteiger partial charge < -0.3 is 4.90 Å². The van der Waals surface area contributed by atoms with Gasteiger partial charge in [-0.05, 0) is 44.3 Å². The van der Waals surface area contributed by atoms with E-state index in [1.54, 1.807) is 0 Å². The van der Waals surface area contributed by atoms with Gasteiger partial charge in [-0.3, -0.25) is 10.1 Å². The number of carbonyl (C=O) groups excluding carboxylic acids is 1. The van der Waals surface area contributed by atoms with E-state index in [1.165, 1.54) is 19.3 Å². The largest absolute Gasteiger partial charge is 0.324 e. The highest BCUT2D eigenvalue weighted by molar-refractivity contribution is 8.00. The van der Waals surface area contributed by atoms with Gasteiger partial charge in [0.15, 0.2) is 0 Å². The Labute approximate surface area is 120 Å². The van der Waals surface area contributed by atoms with Gasteiger partial charge in [-0.2, -0.15) is 11.8 Å². The molecule has 3 nitrogen and oxygen atoms in total. The maximum absolute atomic E-state index is 12.7. The molecule has 3 aliphatic rings. The van der Waals surface area contributed by atoms with E-state index in [-0.39, 0.29) is 11.7 Å². The average molecular weight is 282 g/mol. The van der Waals surface area contributed by atoms with Gasteiger partial charge in [0.25, 0.3) is 0 Å². The summed E-state index contributed by atoms with van der Waals surface area (Å²) in [5.74, 6) is 1.02. The topological polar surface area (TPSA) is 32.3 Å². The van der Waals surface area contributed by atoms with Crippen LogP contribution in [0.4, 0.5) is 0 Å². The van der Waals surface area contributed by atoms with Crippen molar-refractivity contribution in [1.82, 2.24) is 10.2 Å². The van der Waals surface area contributed by atoms with Crippen LogP contribution in [0.25, 0.3) is 0 Å². The third-order valence-corrected chi connectivity index (χ3v) is 6.49. The van der Waals surface area contributed by atoms with E-state index in [0.29, 0.717) is 16.6 Å². The van der Waals surface area contributed by atoms with Crippen LogP contribution in [0.15, 0.2) is 0 Å². The molecule has 1 heterocycles. The van der Waals surface area contributed by atoms with Crippen LogP contribution in [0.5, 0.6) is 0 Å². The first-order chi connectivity index (χ1) is 9.00. The number of hydrogen-bond acceptors (Lipinski definition) is 3. The second kappa shape index (κ2) is 4.66. The van der Waals surface area contributed by atoms with Crippen LogP contribution < -0.4 is 5.32 Å². The molecule has 3 fully saturated rings. The molecule has 0 radical (unpaired) electrons. The third-order valence-electron chi connectivity index (χ3n) is 5.09. The van der Waals surface area contributed by atoms with Crippen LogP contribution in [0.1, 0.15) is 52.4 Å². The number of nitrogens with one attached hydrogen (secondary N) is 1. The van der Waals surface area contributed by atoms with Crippen molar-refractivity contribution in [3.63, 3.8) is 0 Å². The Bertz CT molecular complexity index is 369. The van der Waals surface area contributed by atoms with Gasteiger partial charge in [-0.1, -0.05) is 20.3 Å². The van der Waals surface area contributed by atoms with Crippen molar-refractivity contribution in [3.05, 3.63) is 0 Å². The lowest BCUT2D eigenvalue weighted by Gasteiger charge is -2.44. The molecule has 1 saturated heterocycles. The summed E-state index contributed by atoms with van der Waals surface area (Å²) in [5, 5.41) is 3.63. The van der Waals surface area contributed by atoms with E-state index in [2.05, 4.69) is 30.3 Å². The summed E-state index contributed by atoms with van der Waals surface area (Å²) >= 11 is 1.97. The van der Waals surface area contributed by atoms with Crippen molar-refractivity contribution in [1.29, 1.82) is 0 Å². The highest BCUT2D eigenvalue weighted by atomic mass is 32.2. The van der Waals surface area contributed by atoms with Crippen LogP contribution >= 0.6 is 11.8 Å². The van der Waals surface area contributed by atoms with Crippen LogP contribution in [0.2, 0.25) is 0 Å². The van der Waals surface area contributed by atoms with Gasteiger partial charge in [0.05, 0.1) is 11.7 Å². The fourth-order valence-electron chi connectivity index (χ4n) is 3.48. The summed E-state index contributed by atoms with van der Waals surface area (Å²) in [7, 11) is 0. The molecule has 0 aromatic carbocycles. The predicted octanol–water partition coefficient (Wildman–Crippen LogP) is 2.61. The molecule has 0 aromatic rings. The smallest absolute Gasteiger partial charge is 0.244 e. The molecule has 1 N–H and O–H groups in total. The highest BCUT2D eigenvalue weighted by Gasteiger charge is 2.60. The summed E-state index contributed by atoms with van der Waals surface area (Å²) in [5.41, 5.74) is -0.150. The van der Waals surface area contributed by atoms with E-state index >= 15 is 0 Å². The molecule has 1 spiro atoms. The molecule has 3 rings (SSSR count). The van der Waals surface area contributed by atoms with Crippen molar-refractivity contribution in [3.8, 4) is 0 Å². The fraction of sp³-hybridized carbons (Fsp3) is 0.933. The monoisotopic (exact) mass is 282 g/mol. The minimum absolute atomic E-state index is 0.150. The molecule has 1 unspecified atom stereocenters. The maximum Gasteiger partial charge on any atom is 0.244 e. The minimum atomic E-state index is -0.150. The van der Waals surface area contributed by atoms with E-state index in [9.17, 15) is 4.79 Å². The molecule has 1 aliphatic heterocycles. The Morgan fingerprint density at radius 2 is 2.05 bits per heavy atom. The van der Waals surface area contributed by atoms with Crippen LogP contribution in [-0.4, -0.2) is 40.1 Å². The Balaban J connectivity index is 1.74. The molecular weight excluding hydrogens is 256 g/mol. The molecule has 108 valence electrons. The zero-order valence-corrected chi connectivity index (χ0v) is 13.2. The number of thioether (sulfide) groups is 1. The number of carbonyl (C=O) groups is 1. The zero-order chi connectivity index (χ0) is 13.7. The lowest BCUT2D eigenvalue weighted by molar-refractivity contribution is -0.131. The summed E-state index contributed by atoms with van der Waals surface area (Å²) in [4.78, 5) is 14.9. The first-order valence-corrected chi connectivity index (χ1v) is 8.87. The summed E-state index contributed by atoms with van der Waals surface area (Å²) in [6.07, 6.45) is 9.54. The van der Waals surface area contributed by atoms with Gasteiger partial charge in [0, 0.05) is 11.3 Å². The van der Waals surface area contributed by atoms with Gasteiger partial charge in [-0.15, -0.1) is 0 Å². The Morgan fingerprint density at radius 1 is 1.37 bits per heavy atom. The molecule has 4 heteroatoms. The summed E-state index contributed by atoms with van der Waals surface area (Å²) in [6, 6.07) is 0. The third kappa shape index (κ3) is 2.31. The maximum atomic E-state index is 12.7. The van der Waals surface area contributed by atoms with Crippen molar-refractivity contribution < 1.29 is 4.79 Å². The quantitative estimate of drug-likeness (QED) is 0.841. The highest BCUT2D eigenvalue weighted by Crippen LogP contribution is 2.48. The van der Waals surface area contributed by atoms with E-state index in [0.717, 1.165) is 25.8 Å². The Hall–Kier alpha value is -0.220. The van der Waals surface area contributed by atoms with Crippen LogP contribution in [-0.2, 0) is 4.79 Å². The predicted molar refractivity (Wildman–Crippen MR) is 80.2 cm³/mol. The molecule has 1 atom stereocenters.